The molecule has 31 heavy (non-hydrogen) atoms. The molecule has 0 radical (unpaired) electrons. The van der Waals surface area contributed by atoms with Crippen LogP contribution in [0.3, 0.4) is 0 Å². The molecule has 1 aliphatic rings. The maximum atomic E-state index is 12.6. The van der Waals surface area contributed by atoms with E-state index in [1.54, 1.807) is 28.8 Å². The standard InChI is InChI=1S/C23H26N4O4/c1-25-10-12-26(13-11-25)14-21(28)17-6-8-18(9-7-17)31-16-22-24-19-4-2-3-5-20(19)27(22)15-23(29)30/h2-9H,10-16H2,1H3,(H,29,30). The predicted octanol–water partition coefficient (Wildman–Crippen LogP) is 2.13. The summed E-state index contributed by atoms with van der Waals surface area (Å²) in [4.78, 5) is 32.8. The molecule has 1 aliphatic heterocycles. The fourth-order valence-corrected chi connectivity index (χ4v) is 3.73. The fourth-order valence-electron chi connectivity index (χ4n) is 3.73. The number of hydrogen-bond donors (Lipinski definition) is 1. The van der Waals surface area contributed by atoms with E-state index in [-0.39, 0.29) is 18.9 Å². The molecule has 0 amide bonds. The van der Waals surface area contributed by atoms with Crippen LogP contribution in [-0.2, 0) is 17.9 Å². The van der Waals surface area contributed by atoms with E-state index >= 15 is 0 Å². The van der Waals surface area contributed by atoms with Crippen molar-refractivity contribution in [3.05, 3.63) is 59.9 Å². The highest BCUT2D eigenvalue weighted by molar-refractivity contribution is 5.97. The summed E-state index contributed by atoms with van der Waals surface area (Å²) in [6.45, 7) is 4.14. The summed E-state index contributed by atoms with van der Waals surface area (Å²) in [5, 5.41) is 9.24. The Kier molecular flexibility index (Phi) is 6.29. The van der Waals surface area contributed by atoms with E-state index in [0.717, 1.165) is 37.2 Å². The minimum atomic E-state index is -0.937. The molecule has 0 bridgehead atoms. The summed E-state index contributed by atoms with van der Waals surface area (Å²) in [6, 6.07) is 14.5. The summed E-state index contributed by atoms with van der Waals surface area (Å²) in [5.41, 5.74) is 2.14. The van der Waals surface area contributed by atoms with E-state index in [1.165, 1.54) is 0 Å². The summed E-state index contributed by atoms with van der Waals surface area (Å²) in [7, 11) is 2.09. The van der Waals surface area contributed by atoms with Crippen molar-refractivity contribution in [3.8, 4) is 5.75 Å². The van der Waals surface area contributed by atoms with Crippen molar-refractivity contribution in [1.29, 1.82) is 0 Å². The number of hydrogen-bond acceptors (Lipinski definition) is 6. The molecule has 162 valence electrons. The molecule has 8 heteroatoms. The van der Waals surface area contributed by atoms with Crippen molar-refractivity contribution < 1.29 is 19.4 Å². The van der Waals surface area contributed by atoms with Crippen LogP contribution in [0, 0.1) is 0 Å². The van der Waals surface area contributed by atoms with Crippen LogP contribution in [-0.4, -0.2) is 76.0 Å². The van der Waals surface area contributed by atoms with E-state index in [9.17, 15) is 14.7 Å². The monoisotopic (exact) mass is 422 g/mol. The number of carbonyl (C=O) groups excluding carboxylic acids is 1. The van der Waals surface area contributed by atoms with Crippen LogP contribution in [0.15, 0.2) is 48.5 Å². The Morgan fingerprint density at radius 3 is 2.42 bits per heavy atom. The largest absolute Gasteiger partial charge is 0.486 e. The fraction of sp³-hybridized carbons (Fsp3) is 0.348. The number of aromatic nitrogens is 2. The second-order valence-electron chi connectivity index (χ2n) is 7.81. The second-order valence-corrected chi connectivity index (χ2v) is 7.81. The van der Waals surface area contributed by atoms with Crippen LogP contribution < -0.4 is 4.74 Å². The number of piperazine rings is 1. The number of nitrogens with zero attached hydrogens (tertiary/aromatic N) is 4. The zero-order valence-corrected chi connectivity index (χ0v) is 17.5. The van der Waals surface area contributed by atoms with Crippen LogP contribution in [0.5, 0.6) is 5.75 Å². The molecule has 8 nitrogen and oxygen atoms in total. The SMILES string of the molecule is CN1CCN(CC(=O)c2ccc(OCc3nc4ccccc4n3CC(=O)O)cc2)CC1. The molecule has 3 aromatic rings. The first-order valence-corrected chi connectivity index (χ1v) is 10.3. The highest BCUT2D eigenvalue weighted by atomic mass is 16.5. The van der Waals surface area contributed by atoms with Crippen molar-refractivity contribution in [2.24, 2.45) is 0 Å². The number of carboxylic acids is 1. The average Bonchev–Trinajstić information content (AvgIpc) is 3.11. The van der Waals surface area contributed by atoms with Gasteiger partial charge in [-0.15, -0.1) is 0 Å². The van der Waals surface area contributed by atoms with Crippen LogP contribution >= 0.6 is 0 Å². The van der Waals surface area contributed by atoms with Gasteiger partial charge in [-0.3, -0.25) is 14.5 Å². The Bertz CT molecular complexity index is 1070. The lowest BCUT2D eigenvalue weighted by Gasteiger charge is -2.31. The second kappa shape index (κ2) is 9.28. The first kappa shape index (κ1) is 21.0. The lowest BCUT2D eigenvalue weighted by atomic mass is 10.1. The Balaban J connectivity index is 1.39. The number of ketones is 1. The first-order chi connectivity index (χ1) is 15.0. The van der Waals surface area contributed by atoms with E-state index < -0.39 is 5.97 Å². The molecule has 1 N–H and O–H groups in total. The lowest BCUT2D eigenvalue weighted by molar-refractivity contribution is -0.137. The van der Waals surface area contributed by atoms with Gasteiger partial charge in [0, 0.05) is 31.7 Å². The molecular weight excluding hydrogens is 396 g/mol. The average molecular weight is 422 g/mol. The molecule has 2 aromatic carbocycles. The van der Waals surface area contributed by atoms with Crippen molar-refractivity contribution in [1.82, 2.24) is 19.4 Å². The van der Waals surface area contributed by atoms with Crippen LogP contribution in [0.25, 0.3) is 11.0 Å². The summed E-state index contributed by atoms with van der Waals surface area (Å²) < 4.78 is 7.48. The molecule has 0 atom stereocenters. The van der Waals surface area contributed by atoms with Gasteiger partial charge in [0.15, 0.2) is 5.78 Å². The number of fused-ring (bicyclic) bond motifs is 1. The summed E-state index contributed by atoms with van der Waals surface area (Å²) in [6.07, 6.45) is 0. The van der Waals surface area contributed by atoms with Gasteiger partial charge < -0.3 is 19.3 Å². The molecule has 4 rings (SSSR count). The van der Waals surface area contributed by atoms with Crippen LogP contribution in [0.2, 0.25) is 0 Å². The molecule has 2 heterocycles. The summed E-state index contributed by atoms with van der Waals surface area (Å²) >= 11 is 0. The maximum absolute atomic E-state index is 12.6. The molecule has 0 aliphatic carbocycles. The van der Waals surface area contributed by atoms with Crippen molar-refractivity contribution in [2.45, 2.75) is 13.2 Å². The number of ether oxygens (including phenoxy) is 1. The molecular formula is C23H26N4O4. The van der Waals surface area contributed by atoms with Gasteiger partial charge in [0.25, 0.3) is 0 Å². The number of carboxylic acid groups (broad SMARTS) is 1. The number of aliphatic carboxylic acids is 1. The highest BCUT2D eigenvalue weighted by Crippen LogP contribution is 2.19. The van der Waals surface area contributed by atoms with Gasteiger partial charge in [-0.05, 0) is 43.4 Å². The Hall–Kier alpha value is -3.23. The van der Waals surface area contributed by atoms with Crippen LogP contribution in [0.4, 0.5) is 0 Å². The van der Waals surface area contributed by atoms with Gasteiger partial charge >= 0.3 is 5.97 Å². The Morgan fingerprint density at radius 1 is 1.00 bits per heavy atom. The number of imidazole rings is 1. The van der Waals surface area contributed by atoms with Gasteiger partial charge in [-0.1, -0.05) is 12.1 Å². The van der Waals surface area contributed by atoms with Gasteiger partial charge in [0.2, 0.25) is 0 Å². The van der Waals surface area contributed by atoms with E-state index in [4.69, 9.17) is 4.74 Å². The molecule has 0 spiro atoms. The number of carbonyl (C=O) groups is 2. The third-order valence-corrected chi connectivity index (χ3v) is 5.53. The number of likely N-dealkylation sites (N-methyl/N-ethyl adjacent to an activating group) is 1. The third-order valence-electron chi connectivity index (χ3n) is 5.53. The third kappa shape index (κ3) is 5.10. The highest BCUT2D eigenvalue weighted by Gasteiger charge is 2.18. The van der Waals surface area contributed by atoms with Crippen molar-refractivity contribution in [2.75, 3.05) is 39.8 Å². The van der Waals surface area contributed by atoms with Gasteiger partial charge in [0.05, 0.1) is 17.6 Å². The zero-order chi connectivity index (χ0) is 21.8. The molecule has 1 aromatic heterocycles. The smallest absolute Gasteiger partial charge is 0.323 e. The quantitative estimate of drug-likeness (QED) is 0.557. The van der Waals surface area contributed by atoms with E-state index in [0.29, 0.717) is 23.7 Å². The van der Waals surface area contributed by atoms with E-state index in [2.05, 4.69) is 21.8 Å². The number of Topliss-reactive ketones (excluding diaryl/α,β-unsaturated/α-hetero) is 1. The number of benzene rings is 2. The first-order valence-electron chi connectivity index (χ1n) is 10.3. The van der Waals surface area contributed by atoms with E-state index in [1.807, 2.05) is 24.3 Å². The summed E-state index contributed by atoms with van der Waals surface area (Å²) in [5.74, 6) is 0.302. The van der Waals surface area contributed by atoms with Gasteiger partial charge in [-0.2, -0.15) is 0 Å². The van der Waals surface area contributed by atoms with Crippen molar-refractivity contribution in [3.63, 3.8) is 0 Å². The predicted molar refractivity (Wildman–Crippen MR) is 116 cm³/mol. The molecule has 1 saturated heterocycles. The molecule has 1 fully saturated rings. The Morgan fingerprint density at radius 2 is 1.71 bits per heavy atom. The number of para-hydroxylation sites is 2. The van der Waals surface area contributed by atoms with Crippen molar-refractivity contribution >= 4 is 22.8 Å². The zero-order valence-electron chi connectivity index (χ0n) is 17.5. The van der Waals surface area contributed by atoms with Crippen LogP contribution in [0.1, 0.15) is 16.2 Å². The van der Waals surface area contributed by atoms with Gasteiger partial charge in [0.1, 0.15) is 24.7 Å². The maximum Gasteiger partial charge on any atom is 0.323 e. The lowest BCUT2D eigenvalue weighted by Crippen LogP contribution is -2.46. The number of rotatable bonds is 8. The molecule has 0 unspecified atom stereocenters. The van der Waals surface area contributed by atoms with Gasteiger partial charge in [-0.25, -0.2) is 4.98 Å². The molecule has 0 saturated carbocycles. The normalized spacial score (nSPS) is 15.3. The minimum Gasteiger partial charge on any atom is -0.486 e. The Labute approximate surface area is 180 Å². The topological polar surface area (TPSA) is 87.9 Å². The minimum absolute atomic E-state index is 0.0966.